The standard InChI is InChI=1S/C17H21ClN4O3S/c1-20-16(9-10-19-20)21-11-3-4-15(17(21)23)22(26(2,24)25)12-13-5-7-14(18)8-6-13/h5-10,15H,3-4,11-12H2,1-2H3. The quantitative estimate of drug-likeness (QED) is 0.774. The summed E-state index contributed by atoms with van der Waals surface area (Å²) < 4.78 is 27.7. The summed E-state index contributed by atoms with van der Waals surface area (Å²) in [6.45, 7) is 0.680. The molecule has 0 N–H and O–H groups in total. The van der Waals surface area contributed by atoms with Gasteiger partial charge in [0.1, 0.15) is 11.9 Å². The Hall–Kier alpha value is -1.90. The molecule has 1 aromatic heterocycles. The SMILES string of the molecule is Cn1nccc1N1CCCC(N(Cc2ccc(Cl)cc2)S(C)(=O)=O)C1=O. The van der Waals surface area contributed by atoms with Crippen molar-refractivity contribution in [1.29, 1.82) is 0 Å². The van der Waals surface area contributed by atoms with E-state index in [2.05, 4.69) is 5.10 Å². The minimum atomic E-state index is -3.58. The predicted octanol–water partition coefficient (Wildman–Crippen LogP) is 2.03. The van der Waals surface area contributed by atoms with Crippen LogP contribution in [-0.2, 0) is 28.4 Å². The van der Waals surface area contributed by atoms with Crippen molar-refractivity contribution in [3.63, 3.8) is 0 Å². The lowest BCUT2D eigenvalue weighted by atomic mass is 10.0. The molecule has 0 bridgehead atoms. The Balaban J connectivity index is 1.89. The molecule has 1 fully saturated rings. The monoisotopic (exact) mass is 396 g/mol. The van der Waals surface area contributed by atoms with Gasteiger partial charge in [0.05, 0.1) is 12.5 Å². The number of carbonyl (C=O) groups is 1. The second-order valence-electron chi connectivity index (χ2n) is 6.40. The molecule has 2 aromatic rings. The molecule has 0 aliphatic carbocycles. The maximum Gasteiger partial charge on any atom is 0.246 e. The first-order chi connectivity index (χ1) is 12.3. The van der Waals surface area contributed by atoms with Gasteiger partial charge in [-0.25, -0.2) is 8.42 Å². The van der Waals surface area contributed by atoms with Crippen LogP contribution in [0.15, 0.2) is 36.5 Å². The van der Waals surface area contributed by atoms with Crippen molar-refractivity contribution in [2.24, 2.45) is 7.05 Å². The van der Waals surface area contributed by atoms with E-state index < -0.39 is 16.1 Å². The molecule has 1 aliphatic heterocycles. The van der Waals surface area contributed by atoms with Crippen molar-refractivity contribution in [2.45, 2.75) is 25.4 Å². The molecule has 1 amide bonds. The average molecular weight is 397 g/mol. The molecule has 0 spiro atoms. The number of amides is 1. The number of hydrogen-bond acceptors (Lipinski definition) is 4. The van der Waals surface area contributed by atoms with Crippen molar-refractivity contribution in [3.05, 3.63) is 47.1 Å². The van der Waals surface area contributed by atoms with E-state index in [9.17, 15) is 13.2 Å². The molecular formula is C17H21ClN4O3S. The highest BCUT2D eigenvalue weighted by molar-refractivity contribution is 7.88. The van der Waals surface area contributed by atoms with E-state index in [1.54, 1.807) is 53.2 Å². The lowest BCUT2D eigenvalue weighted by molar-refractivity contribution is -0.123. The van der Waals surface area contributed by atoms with Crippen molar-refractivity contribution in [2.75, 3.05) is 17.7 Å². The van der Waals surface area contributed by atoms with Crippen LogP contribution in [0.25, 0.3) is 0 Å². The number of nitrogens with zero attached hydrogens (tertiary/aromatic N) is 4. The number of carbonyl (C=O) groups excluding carboxylic acids is 1. The second kappa shape index (κ2) is 7.38. The maximum atomic E-state index is 13.1. The number of piperidine rings is 1. The molecular weight excluding hydrogens is 376 g/mol. The van der Waals surface area contributed by atoms with Gasteiger partial charge in [-0.15, -0.1) is 0 Å². The minimum absolute atomic E-state index is 0.131. The van der Waals surface area contributed by atoms with Crippen LogP contribution in [0, 0.1) is 0 Å². The highest BCUT2D eigenvalue weighted by Gasteiger charge is 2.38. The highest BCUT2D eigenvalue weighted by atomic mass is 35.5. The van der Waals surface area contributed by atoms with Crippen LogP contribution in [0.1, 0.15) is 18.4 Å². The third kappa shape index (κ3) is 3.92. The fraction of sp³-hybridized carbons (Fsp3) is 0.412. The van der Waals surface area contributed by atoms with Crippen molar-refractivity contribution < 1.29 is 13.2 Å². The van der Waals surface area contributed by atoms with Gasteiger partial charge >= 0.3 is 0 Å². The lowest BCUT2D eigenvalue weighted by Crippen LogP contribution is -2.54. The number of aryl methyl sites for hydroxylation is 1. The van der Waals surface area contributed by atoms with Gasteiger partial charge in [-0.3, -0.25) is 14.4 Å². The van der Waals surface area contributed by atoms with Gasteiger partial charge in [-0.05, 0) is 30.5 Å². The Morgan fingerprint density at radius 1 is 1.27 bits per heavy atom. The van der Waals surface area contributed by atoms with Gasteiger partial charge in [0.2, 0.25) is 15.9 Å². The van der Waals surface area contributed by atoms with Crippen LogP contribution in [0.2, 0.25) is 5.02 Å². The van der Waals surface area contributed by atoms with E-state index in [0.717, 1.165) is 11.8 Å². The third-order valence-corrected chi connectivity index (χ3v) is 5.99. The smallest absolute Gasteiger partial charge is 0.246 e. The molecule has 1 saturated heterocycles. The fourth-order valence-electron chi connectivity index (χ4n) is 3.21. The average Bonchev–Trinajstić information content (AvgIpc) is 3.00. The number of halogens is 1. The molecule has 140 valence electrons. The number of sulfonamides is 1. The first-order valence-corrected chi connectivity index (χ1v) is 10.5. The first kappa shape index (κ1) is 18.9. The largest absolute Gasteiger partial charge is 0.296 e. The Morgan fingerprint density at radius 3 is 2.54 bits per heavy atom. The topological polar surface area (TPSA) is 75.5 Å². The van der Waals surface area contributed by atoms with Crippen LogP contribution in [0.5, 0.6) is 0 Å². The summed E-state index contributed by atoms with van der Waals surface area (Å²) in [6.07, 6.45) is 3.97. The number of anilines is 1. The molecule has 0 saturated carbocycles. The second-order valence-corrected chi connectivity index (χ2v) is 8.77. The Bertz CT molecular complexity index is 895. The van der Waals surface area contributed by atoms with E-state index in [0.29, 0.717) is 30.2 Å². The molecule has 1 aliphatic rings. The zero-order valence-corrected chi connectivity index (χ0v) is 16.2. The van der Waals surface area contributed by atoms with Gasteiger partial charge in [0.15, 0.2) is 0 Å². The first-order valence-electron chi connectivity index (χ1n) is 8.28. The molecule has 9 heteroatoms. The molecule has 7 nitrogen and oxygen atoms in total. The summed E-state index contributed by atoms with van der Waals surface area (Å²) in [4.78, 5) is 14.7. The summed E-state index contributed by atoms with van der Waals surface area (Å²) in [5.41, 5.74) is 0.783. The predicted molar refractivity (Wildman–Crippen MR) is 100 cm³/mol. The van der Waals surface area contributed by atoms with Gasteiger partial charge in [0, 0.05) is 31.2 Å². The molecule has 1 unspecified atom stereocenters. The normalized spacial score (nSPS) is 18.5. The third-order valence-electron chi connectivity index (χ3n) is 4.51. The molecule has 1 aromatic carbocycles. The van der Waals surface area contributed by atoms with Gasteiger partial charge in [-0.1, -0.05) is 23.7 Å². The number of aromatic nitrogens is 2. The summed E-state index contributed by atoms with van der Waals surface area (Å²) >= 11 is 5.90. The van der Waals surface area contributed by atoms with Crippen LogP contribution in [0.3, 0.4) is 0 Å². The van der Waals surface area contributed by atoms with E-state index in [-0.39, 0.29) is 12.5 Å². The minimum Gasteiger partial charge on any atom is -0.296 e. The van der Waals surface area contributed by atoms with Gasteiger partial charge in [0.25, 0.3) is 0 Å². The summed E-state index contributed by atoms with van der Waals surface area (Å²) in [7, 11) is -1.82. The van der Waals surface area contributed by atoms with Crippen LogP contribution in [0.4, 0.5) is 5.82 Å². The Morgan fingerprint density at radius 2 is 1.96 bits per heavy atom. The lowest BCUT2D eigenvalue weighted by Gasteiger charge is -2.37. The zero-order chi connectivity index (χ0) is 18.9. The van der Waals surface area contributed by atoms with Crippen LogP contribution in [-0.4, -0.2) is 47.3 Å². The van der Waals surface area contributed by atoms with Gasteiger partial charge in [-0.2, -0.15) is 9.40 Å². The van der Waals surface area contributed by atoms with Crippen LogP contribution >= 0.6 is 11.6 Å². The molecule has 0 radical (unpaired) electrons. The molecule has 3 rings (SSSR count). The Kier molecular flexibility index (Phi) is 5.36. The molecule has 1 atom stereocenters. The van der Waals surface area contributed by atoms with Crippen molar-refractivity contribution >= 4 is 33.3 Å². The molecule has 26 heavy (non-hydrogen) atoms. The maximum absolute atomic E-state index is 13.1. The van der Waals surface area contributed by atoms with Gasteiger partial charge < -0.3 is 0 Å². The van der Waals surface area contributed by atoms with Crippen molar-refractivity contribution in [1.82, 2.24) is 14.1 Å². The molecule has 2 heterocycles. The van der Waals surface area contributed by atoms with E-state index >= 15 is 0 Å². The van der Waals surface area contributed by atoms with Crippen LogP contribution < -0.4 is 4.90 Å². The van der Waals surface area contributed by atoms with E-state index in [1.165, 1.54) is 4.31 Å². The summed E-state index contributed by atoms with van der Waals surface area (Å²) in [5.74, 6) is 0.443. The summed E-state index contributed by atoms with van der Waals surface area (Å²) in [5, 5.41) is 4.68. The summed E-state index contributed by atoms with van der Waals surface area (Å²) in [6, 6.07) is 7.98. The van der Waals surface area contributed by atoms with E-state index in [1.807, 2.05) is 0 Å². The zero-order valence-electron chi connectivity index (χ0n) is 14.7. The van der Waals surface area contributed by atoms with E-state index in [4.69, 9.17) is 11.6 Å². The van der Waals surface area contributed by atoms with Crippen molar-refractivity contribution in [3.8, 4) is 0 Å². The number of benzene rings is 1. The fourth-order valence-corrected chi connectivity index (χ4v) is 4.38. The Labute approximate surface area is 158 Å². The highest BCUT2D eigenvalue weighted by Crippen LogP contribution is 2.26. The number of hydrogen-bond donors (Lipinski definition) is 0. The number of rotatable bonds is 5.